The van der Waals surface area contributed by atoms with Crippen molar-refractivity contribution in [2.75, 3.05) is 6.61 Å². The highest BCUT2D eigenvalue weighted by molar-refractivity contribution is 6.06. The molecule has 0 aliphatic rings. The van der Waals surface area contributed by atoms with Crippen molar-refractivity contribution < 1.29 is 28.6 Å². The topological polar surface area (TPSA) is 78.9 Å². The Kier molecular flexibility index (Phi) is 6.96. The van der Waals surface area contributed by atoms with E-state index in [1.807, 2.05) is 0 Å². The Morgan fingerprint density at radius 2 is 1.26 bits per heavy atom. The lowest BCUT2D eigenvalue weighted by Gasteiger charge is -2.11. The normalized spacial score (nSPS) is 10.1. The van der Waals surface area contributed by atoms with Gasteiger partial charge in [-0.2, -0.15) is 0 Å². The van der Waals surface area contributed by atoms with Crippen molar-refractivity contribution in [3.63, 3.8) is 0 Å². The maximum Gasteiger partial charge on any atom is 0.344 e. The number of hydrogen-bond donors (Lipinski definition) is 0. The highest BCUT2D eigenvalue weighted by atomic mass is 16.5. The van der Waals surface area contributed by atoms with Crippen LogP contribution >= 0.6 is 0 Å². The summed E-state index contributed by atoms with van der Waals surface area (Å²) < 4.78 is 15.8. The third-order valence-corrected chi connectivity index (χ3v) is 4.05. The van der Waals surface area contributed by atoms with Crippen molar-refractivity contribution in [1.29, 1.82) is 0 Å². The molecule has 156 valence electrons. The zero-order valence-electron chi connectivity index (χ0n) is 16.9. The van der Waals surface area contributed by atoms with Crippen molar-refractivity contribution in [2.45, 2.75) is 6.92 Å². The molecule has 3 aromatic carbocycles. The fraction of sp³-hybridized carbons (Fsp3) is 0.0800. The van der Waals surface area contributed by atoms with E-state index in [4.69, 9.17) is 14.2 Å². The van der Waals surface area contributed by atoms with Gasteiger partial charge in [-0.3, -0.25) is 0 Å². The van der Waals surface area contributed by atoms with Crippen LogP contribution in [0.4, 0.5) is 0 Å². The van der Waals surface area contributed by atoms with Crippen molar-refractivity contribution >= 4 is 17.9 Å². The van der Waals surface area contributed by atoms with Crippen molar-refractivity contribution in [3.8, 4) is 11.5 Å². The molecule has 0 spiro atoms. The summed E-state index contributed by atoms with van der Waals surface area (Å²) in [6, 6.07) is 20.9. The van der Waals surface area contributed by atoms with Gasteiger partial charge in [-0.25, -0.2) is 14.4 Å². The van der Waals surface area contributed by atoms with Crippen molar-refractivity contribution in [3.05, 3.63) is 108 Å². The van der Waals surface area contributed by atoms with Gasteiger partial charge in [0.05, 0.1) is 16.7 Å². The van der Waals surface area contributed by atoms with Gasteiger partial charge >= 0.3 is 17.9 Å². The molecule has 0 aliphatic heterocycles. The van der Waals surface area contributed by atoms with Gasteiger partial charge in [-0.05, 0) is 55.0 Å². The molecule has 0 fully saturated rings. The third-order valence-electron chi connectivity index (χ3n) is 4.05. The SMILES string of the molecule is C=C(C)COC(=O)c1ccc(C(=O)Oc2ccccc2)cc1C(=O)Oc1ccccc1. The van der Waals surface area contributed by atoms with E-state index in [1.165, 1.54) is 18.2 Å². The summed E-state index contributed by atoms with van der Waals surface area (Å²) in [5.41, 5.74) is 0.585. The van der Waals surface area contributed by atoms with Gasteiger partial charge in [0.15, 0.2) is 0 Å². The lowest BCUT2D eigenvalue weighted by Crippen LogP contribution is -2.18. The molecule has 6 nitrogen and oxygen atoms in total. The minimum Gasteiger partial charge on any atom is -0.458 e. The number of para-hydroxylation sites is 2. The molecule has 0 radical (unpaired) electrons. The van der Waals surface area contributed by atoms with Crippen LogP contribution in [-0.2, 0) is 4.74 Å². The Morgan fingerprint density at radius 1 is 0.710 bits per heavy atom. The summed E-state index contributed by atoms with van der Waals surface area (Å²) in [6.07, 6.45) is 0. The lowest BCUT2D eigenvalue weighted by atomic mass is 10.0. The number of carbonyl (C=O) groups is 3. The quantitative estimate of drug-likeness (QED) is 0.311. The number of esters is 3. The first-order valence-corrected chi connectivity index (χ1v) is 9.44. The van der Waals surface area contributed by atoms with Gasteiger partial charge in [0.2, 0.25) is 0 Å². The van der Waals surface area contributed by atoms with Crippen LogP contribution in [0, 0.1) is 0 Å². The van der Waals surface area contributed by atoms with Crippen LogP contribution in [0.5, 0.6) is 11.5 Å². The van der Waals surface area contributed by atoms with E-state index in [-0.39, 0.29) is 23.3 Å². The average Bonchev–Trinajstić information content (AvgIpc) is 2.78. The first-order valence-electron chi connectivity index (χ1n) is 9.44. The maximum atomic E-state index is 12.8. The molecule has 3 rings (SSSR count). The average molecular weight is 416 g/mol. The summed E-state index contributed by atoms with van der Waals surface area (Å²) in [7, 11) is 0. The first kappa shape index (κ1) is 21.5. The van der Waals surface area contributed by atoms with Gasteiger partial charge in [-0.15, -0.1) is 0 Å². The zero-order chi connectivity index (χ0) is 22.2. The largest absolute Gasteiger partial charge is 0.458 e. The van der Waals surface area contributed by atoms with E-state index < -0.39 is 17.9 Å². The second-order valence-corrected chi connectivity index (χ2v) is 6.70. The second kappa shape index (κ2) is 10.0. The fourth-order valence-corrected chi connectivity index (χ4v) is 2.59. The minimum atomic E-state index is -0.803. The standard InChI is InChI=1S/C25H20O6/c1-17(2)16-29-24(27)21-14-13-18(23(26)30-19-9-5-3-6-10-19)15-22(21)25(28)31-20-11-7-4-8-12-20/h3-15H,1,16H2,2H3. The van der Waals surface area contributed by atoms with E-state index in [1.54, 1.807) is 67.6 Å². The Labute approximate surface area is 179 Å². The van der Waals surface area contributed by atoms with E-state index in [9.17, 15) is 14.4 Å². The van der Waals surface area contributed by atoms with E-state index in [2.05, 4.69) is 6.58 Å². The number of benzene rings is 3. The van der Waals surface area contributed by atoms with Crippen LogP contribution in [0.2, 0.25) is 0 Å². The lowest BCUT2D eigenvalue weighted by molar-refractivity contribution is 0.0529. The molecule has 0 saturated carbocycles. The predicted molar refractivity (Wildman–Crippen MR) is 114 cm³/mol. The number of hydrogen-bond acceptors (Lipinski definition) is 6. The van der Waals surface area contributed by atoms with Gasteiger partial charge in [0.1, 0.15) is 18.1 Å². The van der Waals surface area contributed by atoms with E-state index >= 15 is 0 Å². The monoisotopic (exact) mass is 416 g/mol. The highest BCUT2D eigenvalue weighted by Crippen LogP contribution is 2.20. The zero-order valence-corrected chi connectivity index (χ0v) is 16.9. The van der Waals surface area contributed by atoms with Gasteiger partial charge < -0.3 is 14.2 Å². The molecular formula is C25H20O6. The van der Waals surface area contributed by atoms with Crippen LogP contribution in [0.15, 0.2) is 91.0 Å². The number of carbonyl (C=O) groups excluding carboxylic acids is 3. The number of ether oxygens (including phenoxy) is 3. The minimum absolute atomic E-state index is 0.00378. The first-order chi connectivity index (χ1) is 14.9. The number of rotatable bonds is 7. The molecule has 31 heavy (non-hydrogen) atoms. The molecule has 0 aromatic heterocycles. The molecule has 0 bridgehead atoms. The molecule has 0 saturated heterocycles. The molecule has 0 unspecified atom stereocenters. The molecule has 6 heteroatoms. The Balaban J connectivity index is 1.91. The predicted octanol–water partition coefficient (Wildman–Crippen LogP) is 4.86. The Bertz CT molecular complexity index is 1100. The van der Waals surface area contributed by atoms with E-state index in [0.717, 1.165) is 0 Å². The van der Waals surface area contributed by atoms with E-state index in [0.29, 0.717) is 17.1 Å². The molecule has 3 aromatic rings. The second-order valence-electron chi connectivity index (χ2n) is 6.70. The van der Waals surface area contributed by atoms with Gasteiger partial charge in [0, 0.05) is 0 Å². The van der Waals surface area contributed by atoms with Crippen LogP contribution in [0.1, 0.15) is 38.0 Å². The third kappa shape index (κ3) is 5.90. The van der Waals surface area contributed by atoms with Crippen molar-refractivity contribution in [1.82, 2.24) is 0 Å². The van der Waals surface area contributed by atoms with Crippen LogP contribution < -0.4 is 9.47 Å². The fourth-order valence-electron chi connectivity index (χ4n) is 2.59. The molecule has 0 N–H and O–H groups in total. The molecule has 0 atom stereocenters. The molecule has 0 heterocycles. The Morgan fingerprint density at radius 3 is 1.81 bits per heavy atom. The van der Waals surface area contributed by atoms with Gasteiger partial charge in [-0.1, -0.05) is 43.0 Å². The van der Waals surface area contributed by atoms with Crippen molar-refractivity contribution in [2.24, 2.45) is 0 Å². The molecular weight excluding hydrogens is 396 g/mol. The van der Waals surface area contributed by atoms with Crippen LogP contribution in [-0.4, -0.2) is 24.5 Å². The maximum absolute atomic E-state index is 12.8. The molecule has 0 aliphatic carbocycles. The van der Waals surface area contributed by atoms with Gasteiger partial charge in [0.25, 0.3) is 0 Å². The summed E-state index contributed by atoms with van der Waals surface area (Å²) in [6.45, 7) is 5.39. The smallest absolute Gasteiger partial charge is 0.344 e. The summed E-state index contributed by atoms with van der Waals surface area (Å²) in [5, 5.41) is 0. The molecule has 0 amide bonds. The summed E-state index contributed by atoms with van der Waals surface area (Å²) in [5.74, 6) is -1.56. The van der Waals surface area contributed by atoms with Crippen LogP contribution in [0.3, 0.4) is 0 Å². The van der Waals surface area contributed by atoms with Crippen LogP contribution in [0.25, 0.3) is 0 Å². The Hall–Kier alpha value is -4.19. The summed E-state index contributed by atoms with van der Waals surface area (Å²) in [4.78, 5) is 37.9. The highest BCUT2D eigenvalue weighted by Gasteiger charge is 2.23. The summed E-state index contributed by atoms with van der Waals surface area (Å²) >= 11 is 0.